The average molecular weight is 364 g/mol. The molecule has 27 heavy (non-hydrogen) atoms. The molecule has 1 amide bonds. The molecule has 0 spiro atoms. The first-order valence-electron chi connectivity index (χ1n) is 8.78. The van der Waals surface area contributed by atoms with E-state index >= 15 is 0 Å². The van der Waals surface area contributed by atoms with Crippen molar-refractivity contribution in [1.82, 2.24) is 15.3 Å². The van der Waals surface area contributed by atoms with E-state index in [4.69, 9.17) is 0 Å². The van der Waals surface area contributed by atoms with Crippen LogP contribution in [0.15, 0.2) is 54.7 Å². The van der Waals surface area contributed by atoms with E-state index in [0.717, 1.165) is 23.2 Å². The number of rotatable bonds is 6. The summed E-state index contributed by atoms with van der Waals surface area (Å²) in [6.07, 6.45) is 2.39. The van der Waals surface area contributed by atoms with Crippen molar-refractivity contribution in [3.63, 3.8) is 0 Å². The normalized spacial score (nSPS) is 10.5. The van der Waals surface area contributed by atoms with Crippen molar-refractivity contribution in [2.75, 3.05) is 5.32 Å². The maximum Gasteiger partial charge on any atom is 0.270 e. The minimum absolute atomic E-state index is 0.0933. The first kappa shape index (κ1) is 18.5. The Labute approximate surface area is 157 Å². The SMILES string of the molecule is CCc1cccc(C)c1Nc1nccc(C(=O)NCc2ccccc2F)n1. The summed E-state index contributed by atoms with van der Waals surface area (Å²) < 4.78 is 13.7. The Bertz CT molecular complexity index is 958. The largest absolute Gasteiger partial charge is 0.347 e. The Hall–Kier alpha value is -3.28. The molecule has 2 aromatic carbocycles. The lowest BCUT2D eigenvalue weighted by Gasteiger charge is -2.13. The number of aromatic nitrogens is 2. The molecular formula is C21H21FN4O. The van der Waals surface area contributed by atoms with Gasteiger partial charge in [-0.2, -0.15) is 0 Å². The first-order chi connectivity index (χ1) is 13.1. The van der Waals surface area contributed by atoms with E-state index in [1.807, 2.05) is 25.1 Å². The van der Waals surface area contributed by atoms with Gasteiger partial charge in [-0.3, -0.25) is 4.79 Å². The van der Waals surface area contributed by atoms with Crippen LogP contribution in [0.2, 0.25) is 0 Å². The average Bonchev–Trinajstić information content (AvgIpc) is 2.69. The molecule has 0 saturated carbocycles. The Balaban J connectivity index is 1.74. The van der Waals surface area contributed by atoms with Crippen molar-refractivity contribution < 1.29 is 9.18 Å². The van der Waals surface area contributed by atoms with E-state index in [1.165, 1.54) is 18.3 Å². The number of aryl methyl sites for hydroxylation is 2. The summed E-state index contributed by atoms with van der Waals surface area (Å²) >= 11 is 0. The summed E-state index contributed by atoms with van der Waals surface area (Å²) in [6, 6.07) is 13.9. The molecule has 3 rings (SSSR count). The van der Waals surface area contributed by atoms with Gasteiger partial charge in [0.05, 0.1) is 0 Å². The lowest BCUT2D eigenvalue weighted by atomic mass is 10.1. The minimum atomic E-state index is -0.385. The topological polar surface area (TPSA) is 66.9 Å². The van der Waals surface area contributed by atoms with Crippen LogP contribution in [0.5, 0.6) is 0 Å². The quantitative estimate of drug-likeness (QED) is 0.689. The lowest BCUT2D eigenvalue weighted by molar-refractivity contribution is 0.0945. The van der Waals surface area contributed by atoms with Crippen LogP contribution < -0.4 is 10.6 Å². The van der Waals surface area contributed by atoms with Crippen LogP contribution in [0, 0.1) is 12.7 Å². The standard InChI is InChI=1S/C21H21FN4O/c1-3-15-9-6-7-14(2)19(15)26-21-23-12-11-18(25-21)20(27)24-13-16-8-4-5-10-17(16)22/h4-12H,3,13H2,1-2H3,(H,24,27)(H,23,25,26). The second-order valence-corrected chi connectivity index (χ2v) is 6.13. The number of nitrogens with one attached hydrogen (secondary N) is 2. The highest BCUT2D eigenvalue weighted by Gasteiger charge is 2.11. The summed E-state index contributed by atoms with van der Waals surface area (Å²) in [5.41, 5.74) is 3.81. The molecule has 1 aromatic heterocycles. The van der Waals surface area contributed by atoms with Crippen LogP contribution in [-0.4, -0.2) is 15.9 Å². The van der Waals surface area contributed by atoms with Crippen LogP contribution in [0.1, 0.15) is 34.1 Å². The number of hydrogen-bond donors (Lipinski definition) is 2. The van der Waals surface area contributed by atoms with Gasteiger partial charge in [0.25, 0.3) is 5.91 Å². The summed E-state index contributed by atoms with van der Waals surface area (Å²) in [5.74, 6) is -0.392. The molecule has 3 aromatic rings. The van der Waals surface area contributed by atoms with Gasteiger partial charge >= 0.3 is 0 Å². The van der Waals surface area contributed by atoms with Crippen molar-refractivity contribution in [2.24, 2.45) is 0 Å². The molecule has 6 heteroatoms. The molecule has 138 valence electrons. The van der Waals surface area contributed by atoms with E-state index in [1.54, 1.807) is 18.2 Å². The number of carbonyl (C=O) groups is 1. The maximum absolute atomic E-state index is 13.7. The zero-order chi connectivity index (χ0) is 19.2. The highest BCUT2D eigenvalue weighted by Crippen LogP contribution is 2.23. The smallest absolute Gasteiger partial charge is 0.270 e. The van der Waals surface area contributed by atoms with E-state index in [9.17, 15) is 9.18 Å². The Morgan fingerprint density at radius 3 is 2.63 bits per heavy atom. The van der Waals surface area contributed by atoms with Gasteiger partial charge in [-0.05, 0) is 36.6 Å². The Morgan fingerprint density at radius 2 is 1.85 bits per heavy atom. The fourth-order valence-electron chi connectivity index (χ4n) is 2.77. The molecule has 0 radical (unpaired) electrons. The molecule has 0 aliphatic rings. The molecular weight excluding hydrogens is 343 g/mol. The molecule has 2 N–H and O–H groups in total. The number of para-hydroxylation sites is 1. The van der Waals surface area contributed by atoms with Gasteiger partial charge in [0.2, 0.25) is 5.95 Å². The highest BCUT2D eigenvalue weighted by molar-refractivity contribution is 5.92. The maximum atomic E-state index is 13.7. The van der Waals surface area contributed by atoms with Gasteiger partial charge < -0.3 is 10.6 Å². The monoisotopic (exact) mass is 364 g/mol. The second-order valence-electron chi connectivity index (χ2n) is 6.13. The number of hydrogen-bond acceptors (Lipinski definition) is 4. The number of amides is 1. The summed E-state index contributed by atoms with van der Waals surface area (Å²) in [4.78, 5) is 20.9. The molecule has 0 aliphatic heterocycles. The highest BCUT2D eigenvalue weighted by atomic mass is 19.1. The lowest BCUT2D eigenvalue weighted by Crippen LogP contribution is -2.24. The predicted molar refractivity (Wildman–Crippen MR) is 103 cm³/mol. The van der Waals surface area contributed by atoms with Gasteiger partial charge in [-0.15, -0.1) is 0 Å². The van der Waals surface area contributed by atoms with Crippen molar-refractivity contribution in [2.45, 2.75) is 26.8 Å². The third-order valence-corrected chi connectivity index (χ3v) is 4.26. The summed E-state index contributed by atoms with van der Waals surface area (Å²) in [5, 5.41) is 5.89. The van der Waals surface area contributed by atoms with Gasteiger partial charge in [0, 0.05) is 24.0 Å². The van der Waals surface area contributed by atoms with Crippen LogP contribution >= 0.6 is 0 Å². The van der Waals surface area contributed by atoms with Gasteiger partial charge in [0.1, 0.15) is 11.5 Å². The molecule has 0 unspecified atom stereocenters. The van der Waals surface area contributed by atoms with E-state index < -0.39 is 0 Å². The summed E-state index contributed by atoms with van der Waals surface area (Å²) in [6.45, 7) is 4.18. The number of anilines is 2. The van der Waals surface area contributed by atoms with E-state index in [0.29, 0.717) is 11.5 Å². The van der Waals surface area contributed by atoms with Crippen LogP contribution in [0.3, 0.4) is 0 Å². The fraction of sp³-hybridized carbons (Fsp3) is 0.190. The van der Waals surface area contributed by atoms with Crippen molar-refractivity contribution in [3.8, 4) is 0 Å². The molecule has 5 nitrogen and oxygen atoms in total. The van der Waals surface area contributed by atoms with Crippen LogP contribution in [0.25, 0.3) is 0 Å². The fourth-order valence-corrected chi connectivity index (χ4v) is 2.77. The molecule has 1 heterocycles. The predicted octanol–water partition coefficient (Wildman–Crippen LogP) is 4.16. The van der Waals surface area contributed by atoms with Gasteiger partial charge in [0.15, 0.2) is 0 Å². The molecule has 0 aliphatic carbocycles. The molecule has 0 bridgehead atoms. The molecule has 0 atom stereocenters. The number of carbonyl (C=O) groups excluding carboxylic acids is 1. The minimum Gasteiger partial charge on any atom is -0.347 e. The van der Waals surface area contributed by atoms with Crippen molar-refractivity contribution in [3.05, 3.63) is 82.9 Å². The Morgan fingerprint density at radius 1 is 1.07 bits per heavy atom. The second kappa shape index (κ2) is 8.40. The van der Waals surface area contributed by atoms with Gasteiger partial charge in [-0.25, -0.2) is 14.4 Å². The zero-order valence-corrected chi connectivity index (χ0v) is 15.3. The molecule has 0 fully saturated rings. The Kier molecular flexibility index (Phi) is 5.76. The first-order valence-corrected chi connectivity index (χ1v) is 8.78. The van der Waals surface area contributed by atoms with Crippen LogP contribution in [0.4, 0.5) is 16.0 Å². The van der Waals surface area contributed by atoms with Crippen molar-refractivity contribution in [1.29, 1.82) is 0 Å². The number of benzene rings is 2. The van der Waals surface area contributed by atoms with E-state index in [2.05, 4.69) is 27.5 Å². The van der Waals surface area contributed by atoms with Crippen LogP contribution in [-0.2, 0) is 13.0 Å². The van der Waals surface area contributed by atoms with E-state index in [-0.39, 0.29) is 24.0 Å². The van der Waals surface area contributed by atoms with Crippen molar-refractivity contribution >= 4 is 17.5 Å². The zero-order valence-electron chi connectivity index (χ0n) is 15.3. The number of halogens is 1. The third-order valence-electron chi connectivity index (χ3n) is 4.26. The number of nitrogens with zero attached hydrogens (tertiary/aromatic N) is 2. The third kappa shape index (κ3) is 4.47. The molecule has 0 saturated heterocycles. The van der Waals surface area contributed by atoms with Gasteiger partial charge in [-0.1, -0.05) is 43.3 Å². The summed E-state index contributed by atoms with van der Waals surface area (Å²) in [7, 11) is 0.